The summed E-state index contributed by atoms with van der Waals surface area (Å²) in [5.41, 5.74) is 0.695. The smallest absolute Gasteiger partial charge is 0.387 e. The molecule has 0 radical (unpaired) electrons. The number of ether oxygens (including phenoxy) is 1. The molecule has 0 atom stereocenters. The van der Waals surface area contributed by atoms with Crippen molar-refractivity contribution in [1.29, 1.82) is 0 Å². The summed E-state index contributed by atoms with van der Waals surface area (Å²) in [6, 6.07) is 10.0. The van der Waals surface area contributed by atoms with Gasteiger partial charge in [0.2, 0.25) is 0 Å². The van der Waals surface area contributed by atoms with E-state index >= 15 is 0 Å². The van der Waals surface area contributed by atoms with E-state index in [4.69, 9.17) is 0 Å². The van der Waals surface area contributed by atoms with Crippen LogP contribution in [0.5, 0.6) is 5.75 Å². The first kappa shape index (κ1) is 20.0. The molecule has 3 amide bonds. The summed E-state index contributed by atoms with van der Waals surface area (Å²) in [6.45, 7) is -3.03. The second-order valence-electron chi connectivity index (χ2n) is 7.36. The number of nitrogens with one attached hydrogen (secondary N) is 1. The van der Waals surface area contributed by atoms with Gasteiger partial charge in [-0.3, -0.25) is 19.3 Å². The number of alkyl halides is 2. The number of imide groups is 1. The maximum Gasteiger partial charge on any atom is 0.387 e. The van der Waals surface area contributed by atoms with E-state index in [1.165, 1.54) is 41.3 Å². The molecule has 2 aromatic rings. The number of para-hydroxylation sites is 2. The van der Waals surface area contributed by atoms with Gasteiger partial charge >= 0.3 is 6.61 Å². The average Bonchev–Trinajstić information content (AvgIpc) is 2.99. The van der Waals surface area contributed by atoms with Crippen LogP contribution in [0.4, 0.5) is 14.5 Å². The van der Waals surface area contributed by atoms with Crippen LogP contribution in [-0.4, -0.2) is 35.3 Å². The Labute approximate surface area is 171 Å². The monoisotopic (exact) mass is 414 g/mol. The molecule has 1 aliphatic carbocycles. The van der Waals surface area contributed by atoms with Crippen LogP contribution in [0.15, 0.2) is 42.5 Å². The molecular weight excluding hydrogens is 394 g/mol. The van der Waals surface area contributed by atoms with E-state index in [1.54, 1.807) is 6.07 Å². The summed E-state index contributed by atoms with van der Waals surface area (Å²) in [4.78, 5) is 39.6. The molecule has 30 heavy (non-hydrogen) atoms. The molecule has 1 N–H and O–H groups in total. The fourth-order valence-electron chi connectivity index (χ4n) is 4.03. The van der Waals surface area contributed by atoms with Gasteiger partial charge in [-0.25, -0.2) is 0 Å². The van der Waals surface area contributed by atoms with Crippen molar-refractivity contribution in [2.75, 3.05) is 5.32 Å². The van der Waals surface area contributed by atoms with Gasteiger partial charge in [0.1, 0.15) is 5.75 Å². The van der Waals surface area contributed by atoms with Gasteiger partial charge in [0.15, 0.2) is 0 Å². The summed E-state index contributed by atoms with van der Waals surface area (Å²) >= 11 is 0. The predicted octanol–water partition coefficient (Wildman–Crippen LogP) is 4.47. The van der Waals surface area contributed by atoms with Gasteiger partial charge < -0.3 is 10.1 Å². The number of amides is 3. The second kappa shape index (κ2) is 8.22. The van der Waals surface area contributed by atoms with Crippen LogP contribution in [0.25, 0.3) is 0 Å². The highest BCUT2D eigenvalue weighted by Crippen LogP contribution is 2.32. The first-order valence-corrected chi connectivity index (χ1v) is 9.83. The van der Waals surface area contributed by atoms with Crippen LogP contribution < -0.4 is 10.1 Å². The quantitative estimate of drug-likeness (QED) is 0.733. The highest BCUT2D eigenvalue weighted by atomic mass is 19.3. The molecule has 2 aliphatic rings. The molecule has 6 nitrogen and oxygen atoms in total. The molecule has 1 fully saturated rings. The SMILES string of the molecule is O=C(Nc1ccccc1OC(F)F)c1ccc2c(c1)C(=O)N(C1CCCCC1)C2=O. The minimum Gasteiger partial charge on any atom is -0.433 e. The molecule has 4 rings (SSSR count). The topological polar surface area (TPSA) is 75.7 Å². The van der Waals surface area contributed by atoms with Crippen molar-refractivity contribution >= 4 is 23.4 Å². The third-order valence-electron chi connectivity index (χ3n) is 5.47. The van der Waals surface area contributed by atoms with Crippen molar-refractivity contribution in [3.8, 4) is 5.75 Å². The van der Waals surface area contributed by atoms with Gasteiger partial charge in [0.05, 0.1) is 16.8 Å². The van der Waals surface area contributed by atoms with E-state index < -0.39 is 18.4 Å². The van der Waals surface area contributed by atoms with E-state index in [2.05, 4.69) is 10.1 Å². The molecular formula is C22H20F2N2O4. The fourth-order valence-corrected chi connectivity index (χ4v) is 4.03. The Kier molecular flexibility index (Phi) is 5.48. The Balaban J connectivity index is 1.56. The van der Waals surface area contributed by atoms with Crippen LogP contribution in [-0.2, 0) is 0 Å². The van der Waals surface area contributed by atoms with Gasteiger partial charge in [-0.15, -0.1) is 0 Å². The molecule has 0 saturated heterocycles. The van der Waals surface area contributed by atoms with Gasteiger partial charge in [0.25, 0.3) is 17.7 Å². The standard InChI is InChI=1S/C22H20F2N2O4/c23-22(24)30-18-9-5-4-8-17(18)25-19(27)13-10-11-15-16(12-13)21(29)26(20(15)28)14-6-2-1-3-7-14/h4-5,8-12,14,22H,1-3,6-7H2,(H,25,27). The summed E-state index contributed by atoms with van der Waals surface area (Å²) < 4.78 is 29.6. The van der Waals surface area contributed by atoms with E-state index in [0.29, 0.717) is 0 Å². The van der Waals surface area contributed by atoms with Crippen molar-refractivity contribution in [3.05, 3.63) is 59.2 Å². The molecule has 1 aliphatic heterocycles. The second-order valence-corrected chi connectivity index (χ2v) is 7.36. The summed E-state index contributed by atoms with van der Waals surface area (Å²) in [5.74, 6) is -1.49. The average molecular weight is 414 g/mol. The van der Waals surface area contributed by atoms with Crippen molar-refractivity contribution in [3.63, 3.8) is 0 Å². The zero-order valence-corrected chi connectivity index (χ0v) is 16.1. The Bertz CT molecular complexity index is 1000. The Morgan fingerprint density at radius 1 is 1.00 bits per heavy atom. The maximum atomic E-state index is 12.9. The first-order chi connectivity index (χ1) is 14.5. The number of hydrogen-bond acceptors (Lipinski definition) is 4. The van der Waals surface area contributed by atoms with E-state index in [0.717, 1.165) is 32.1 Å². The number of rotatable bonds is 5. The molecule has 0 unspecified atom stereocenters. The first-order valence-electron chi connectivity index (χ1n) is 9.83. The van der Waals surface area contributed by atoms with Crippen LogP contribution in [0.1, 0.15) is 63.2 Å². The number of anilines is 1. The summed E-state index contributed by atoms with van der Waals surface area (Å²) in [7, 11) is 0. The molecule has 156 valence electrons. The molecule has 8 heteroatoms. The number of nitrogens with zero attached hydrogens (tertiary/aromatic N) is 1. The van der Waals surface area contributed by atoms with Crippen LogP contribution >= 0.6 is 0 Å². The highest BCUT2D eigenvalue weighted by molar-refractivity contribution is 6.22. The zero-order chi connectivity index (χ0) is 21.3. The predicted molar refractivity (Wildman–Crippen MR) is 105 cm³/mol. The Hall–Kier alpha value is -3.29. The Morgan fingerprint density at radius 3 is 2.43 bits per heavy atom. The molecule has 0 bridgehead atoms. The lowest BCUT2D eigenvalue weighted by Gasteiger charge is -2.29. The molecule has 0 spiro atoms. The van der Waals surface area contributed by atoms with E-state index in [-0.39, 0.29) is 40.1 Å². The van der Waals surface area contributed by atoms with Crippen molar-refractivity contribution in [2.24, 2.45) is 0 Å². The lowest BCUT2D eigenvalue weighted by atomic mass is 9.94. The van der Waals surface area contributed by atoms with Crippen LogP contribution in [0.3, 0.4) is 0 Å². The zero-order valence-electron chi connectivity index (χ0n) is 16.1. The highest BCUT2D eigenvalue weighted by Gasteiger charge is 2.40. The number of hydrogen-bond donors (Lipinski definition) is 1. The van der Waals surface area contributed by atoms with Gasteiger partial charge in [-0.05, 0) is 43.2 Å². The number of carbonyl (C=O) groups is 3. The summed E-state index contributed by atoms with van der Waals surface area (Å²) in [5, 5.41) is 2.52. The third kappa shape index (κ3) is 3.77. The van der Waals surface area contributed by atoms with Crippen molar-refractivity contribution in [2.45, 2.75) is 44.8 Å². The van der Waals surface area contributed by atoms with E-state index in [9.17, 15) is 23.2 Å². The van der Waals surface area contributed by atoms with Gasteiger partial charge in [-0.1, -0.05) is 31.4 Å². The Morgan fingerprint density at radius 2 is 1.70 bits per heavy atom. The number of halogens is 2. The minimum absolute atomic E-state index is 0.0783. The van der Waals surface area contributed by atoms with Crippen LogP contribution in [0.2, 0.25) is 0 Å². The largest absolute Gasteiger partial charge is 0.433 e. The minimum atomic E-state index is -3.03. The third-order valence-corrected chi connectivity index (χ3v) is 5.47. The fraction of sp³-hybridized carbons (Fsp3) is 0.318. The number of benzene rings is 2. The van der Waals surface area contributed by atoms with Gasteiger partial charge in [0, 0.05) is 11.6 Å². The number of carbonyl (C=O) groups excluding carboxylic acids is 3. The van der Waals surface area contributed by atoms with Crippen molar-refractivity contribution < 1.29 is 27.9 Å². The van der Waals surface area contributed by atoms with E-state index in [1.807, 2.05) is 0 Å². The van der Waals surface area contributed by atoms with Gasteiger partial charge in [-0.2, -0.15) is 8.78 Å². The molecule has 0 aromatic heterocycles. The summed E-state index contributed by atoms with van der Waals surface area (Å²) in [6.07, 6.45) is 4.64. The molecule has 2 aromatic carbocycles. The number of fused-ring (bicyclic) bond motifs is 1. The lowest BCUT2D eigenvalue weighted by Crippen LogP contribution is -2.40. The van der Waals surface area contributed by atoms with Crippen LogP contribution in [0, 0.1) is 0 Å². The molecule has 1 saturated carbocycles. The maximum absolute atomic E-state index is 12.9. The molecule has 1 heterocycles. The lowest BCUT2D eigenvalue weighted by molar-refractivity contribution is -0.0493. The normalized spacial score (nSPS) is 16.7. The van der Waals surface area contributed by atoms with Crippen molar-refractivity contribution in [1.82, 2.24) is 4.90 Å².